The lowest BCUT2D eigenvalue weighted by Gasteiger charge is -2.09. The molecule has 0 bridgehead atoms. The van der Waals surface area contributed by atoms with Crippen molar-refractivity contribution in [3.63, 3.8) is 0 Å². The van der Waals surface area contributed by atoms with Gasteiger partial charge in [-0.15, -0.1) is 11.3 Å². The summed E-state index contributed by atoms with van der Waals surface area (Å²) in [5.41, 5.74) is 2.78. The predicted octanol–water partition coefficient (Wildman–Crippen LogP) is 2.16. The van der Waals surface area contributed by atoms with E-state index < -0.39 is 31.4 Å². The Labute approximate surface area is 170 Å². The minimum atomic E-state index is -4.47. The van der Waals surface area contributed by atoms with Gasteiger partial charge in [-0.1, -0.05) is 6.42 Å². The minimum absolute atomic E-state index is 0.102. The number of carbonyl (C=O) groups excluding carboxylic acids is 2. The molecule has 1 heterocycles. The molecule has 0 atom stereocenters. The SMILES string of the molecule is O=C(Nc1sc2c(c1C(=O)NO)CCCCC2)c1ccc(S(=O)(=O)N(O)O)cc1. The number of hydroxylamine groups is 1. The Hall–Kier alpha value is -2.35. The van der Waals surface area contributed by atoms with E-state index in [4.69, 9.17) is 15.6 Å². The number of anilines is 1. The molecule has 0 saturated carbocycles. The lowest BCUT2D eigenvalue weighted by atomic mass is 10.0. The number of nitrogens with one attached hydrogen (secondary N) is 2. The molecule has 1 aliphatic rings. The fourth-order valence-corrected chi connectivity index (χ4v) is 5.13. The molecule has 0 radical (unpaired) electrons. The quantitative estimate of drug-likeness (QED) is 0.270. The van der Waals surface area contributed by atoms with Gasteiger partial charge in [-0.25, -0.2) is 13.9 Å². The van der Waals surface area contributed by atoms with Crippen molar-refractivity contribution in [1.29, 1.82) is 0 Å². The molecule has 1 aromatic heterocycles. The Morgan fingerprint density at radius 2 is 1.66 bits per heavy atom. The summed E-state index contributed by atoms with van der Waals surface area (Å²) in [6.07, 6.45) is 4.38. The average molecular weight is 441 g/mol. The van der Waals surface area contributed by atoms with Gasteiger partial charge in [-0.05, 0) is 55.5 Å². The largest absolute Gasteiger partial charge is 0.313 e. The highest BCUT2D eigenvalue weighted by atomic mass is 32.2. The average Bonchev–Trinajstić information content (AvgIpc) is 2.87. The molecule has 29 heavy (non-hydrogen) atoms. The fourth-order valence-electron chi connectivity index (χ4n) is 3.17. The number of fused-ring (bicyclic) bond motifs is 1. The lowest BCUT2D eigenvalue weighted by Crippen LogP contribution is -2.24. The molecule has 0 fully saturated rings. The molecule has 1 aromatic carbocycles. The molecular weight excluding hydrogens is 422 g/mol. The molecule has 5 N–H and O–H groups in total. The highest BCUT2D eigenvalue weighted by Crippen LogP contribution is 2.37. The Kier molecular flexibility index (Phi) is 6.31. The van der Waals surface area contributed by atoms with E-state index in [0.717, 1.165) is 48.3 Å². The van der Waals surface area contributed by atoms with Gasteiger partial charge in [-0.3, -0.25) is 25.2 Å². The predicted molar refractivity (Wildman–Crippen MR) is 102 cm³/mol. The summed E-state index contributed by atoms with van der Waals surface area (Å²) in [5, 5.41) is 29.6. The van der Waals surface area contributed by atoms with Crippen LogP contribution in [-0.2, 0) is 22.9 Å². The van der Waals surface area contributed by atoms with Gasteiger partial charge in [0, 0.05) is 10.4 Å². The Morgan fingerprint density at radius 1 is 1.00 bits per heavy atom. The fraction of sp³-hybridized carbons (Fsp3) is 0.294. The third-order valence-electron chi connectivity index (χ3n) is 4.61. The zero-order valence-electron chi connectivity index (χ0n) is 15.1. The number of sulfonamides is 1. The van der Waals surface area contributed by atoms with Crippen molar-refractivity contribution < 1.29 is 33.6 Å². The Balaban J connectivity index is 1.88. The maximum absolute atomic E-state index is 12.6. The number of rotatable bonds is 5. The van der Waals surface area contributed by atoms with Crippen LogP contribution in [0.2, 0.25) is 0 Å². The van der Waals surface area contributed by atoms with Crippen LogP contribution in [0.15, 0.2) is 29.2 Å². The summed E-state index contributed by atoms with van der Waals surface area (Å²) in [4.78, 5) is 25.4. The molecule has 0 aliphatic heterocycles. The standard InChI is InChI=1S/C17H19N3O7S2/c21-15(10-6-8-11(9-7-10)29(26,27)20(24)25)18-17-14(16(22)19-23)12-4-2-1-3-5-13(12)28-17/h6-9,23-25H,1-5H2,(H,18,21)(H,19,22). The van der Waals surface area contributed by atoms with E-state index >= 15 is 0 Å². The van der Waals surface area contributed by atoms with Crippen molar-refractivity contribution in [1.82, 2.24) is 10.1 Å². The maximum Gasteiger partial charge on any atom is 0.288 e. The van der Waals surface area contributed by atoms with Gasteiger partial charge in [-0.2, -0.15) is 0 Å². The summed E-state index contributed by atoms with van der Waals surface area (Å²) >= 11 is 1.28. The molecule has 0 unspecified atom stereocenters. The monoisotopic (exact) mass is 441 g/mol. The lowest BCUT2D eigenvalue weighted by molar-refractivity contribution is -0.226. The first-order chi connectivity index (χ1) is 13.8. The normalized spacial score (nSPS) is 14.2. The summed E-state index contributed by atoms with van der Waals surface area (Å²) in [6, 6.07) is 4.51. The van der Waals surface area contributed by atoms with Crippen LogP contribution in [0.4, 0.5) is 5.00 Å². The highest BCUT2D eigenvalue weighted by Gasteiger charge is 2.26. The van der Waals surface area contributed by atoms with Gasteiger partial charge < -0.3 is 5.32 Å². The summed E-state index contributed by atoms with van der Waals surface area (Å²) in [6.45, 7) is 0. The second kappa shape index (κ2) is 8.57. The summed E-state index contributed by atoms with van der Waals surface area (Å²) in [5.74, 6) is -1.28. The van der Waals surface area contributed by atoms with Gasteiger partial charge in [0.15, 0.2) is 0 Å². The first-order valence-corrected chi connectivity index (χ1v) is 10.9. The first kappa shape index (κ1) is 21.4. The van der Waals surface area contributed by atoms with Crippen molar-refractivity contribution in [2.24, 2.45) is 0 Å². The molecule has 2 aromatic rings. The Bertz CT molecular complexity index is 1030. The number of nitrogens with zero attached hydrogens (tertiary/aromatic N) is 1. The molecule has 3 rings (SSSR count). The van der Waals surface area contributed by atoms with Crippen LogP contribution < -0.4 is 10.8 Å². The van der Waals surface area contributed by atoms with Crippen molar-refractivity contribution in [2.75, 3.05) is 5.32 Å². The zero-order chi connectivity index (χ0) is 21.2. The number of thiophene rings is 1. The number of benzene rings is 1. The second-order valence-electron chi connectivity index (χ2n) is 6.42. The molecule has 0 saturated heterocycles. The van der Waals surface area contributed by atoms with Crippen LogP contribution in [0.1, 0.15) is 50.4 Å². The van der Waals surface area contributed by atoms with Crippen molar-refractivity contribution in [3.8, 4) is 0 Å². The van der Waals surface area contributed by atoms with Crippen molar-refractivity contribution in [2.45, 2.75) is 37.0 Å². The second-order valence-corrected chi connectivity index (χ2v) is 9.27. The number of carbonyl (C=O) groups is 2. The minimum Gasteiger partial charge on any atom is -0.313 e. The Morgan fingerprint density at radius 3 is 2.28 bits per heavy atom. The molecule has 2 amide bonds. The molecule has 12 heteroatoms. The van der Waals surface area contributed by atoms with E-state index in [1.54, 1.807) is 5.48 Å². The molecule has 1 aliphatic carbocycles. The molecular formula is C17H19N3O7S2. The van der Waals surface area contributed by atoms with Crippen LogP contribution in [0.25, 0.3) is 0 Å². The van der Waals surface area contributed by atoms with Crippen LogP contribution in [0.5, 0.6) is 0 Å². The maximum atomic E-state index is 12.6. The zero-order valence-corrected chi connectivity index (χ0v) is 16.7. The van der Waals surface area contributed by atoms with E-state index in [1.807, 2.05) is 0 Å². The van der Waals surface area contributed by atoms with Crippen LogP contribution in [0, 0.1) is 0 Å². The van der Waals surface area contributed by atoms with E-state index in [1.165, 1.54) is 23.5 Å². The summed E-state index contributed by atoms with van der Waals surface area (Å²) < 4.78 is 22.4. The van der Waals surface area contributed by atoms with E-state index in [2.05, 4.69) is 5.32 Å². The summed E-state index contributed by atoms with van der Waals surface area (Å²) in [7, 11) is -4.47. The number of amides is 2. The van der Waals surface area contributed by atoms with Crippen molar-refractivity contribution in [3.05, 3.63) is 45.8 Å². The number of hydrogen-bond donors (Lipinski definition) is 5. The van der Waals surface area contributed by atoms with Gasteiger partial charge in [0.25, 0.3) is 21.8 Å². The molecule has 156 valence electrons. The number of aryl methyl sites for hydroxylation is 1. The van der Waals surface area contributed by atoms with Gasteiger partial charge >= 0.3 is 0 Å². The smallest absolute Gasteiger partial charge is 0.288 e. The number of hydrogen-bond acceptors (Lipinski definition) is 8. The first-order valence-electron chi connectivity index (χ1n) is 8.69. The van der Waals surface area contributed by atoms with Crippen molar-refractivity contribution >= 4 is 38.2 Å². The van der Waals surface area contributed by atoms with Crippen LogP contribution >= 0.6 is 11.3 Å². The van der Waals surface area contributed by atoms with Gasteiger partial charge in [0.2, 0.25) is 0 Å². The van der Waals surface area contributed by atoms with Crippen LogP contribution in [-0.4, -0.2) is 40.5 Å². The van der Waals surface area contributed by atoms with Gasteiger partial charge in [0.05, 0.1) is 15.1 Å². The van der Waals surface area contributed by atoms with Gasteiger partial charge in [0.1, 0.15) is 5.00 Å². The third-order valence-corrected chi connectivity index (χ3v) is 7.11. The molecule has 10 nitrogen and oxygen atoms in total. The molecule has 0 spiro atoms. The van der Waals surface area contributed by atoms with E-state index in [-0.39, 0.29) is 11.1 Å². The third kappa shape index (κ3) is 4.32. The van der Waals surface area contributed by atoms with E-state index in [9.17, 15) is 18.0 Å². The topological polar surface area (TPSA) is 156 Å². The van der Waals surface area contributed by atoms with Crippen LogP contribution in [0.3, 0.4) is 0 Å². The van der Waals surface area contributed by atoms with E-state index in [0.29, 0.717) is 11.4 Å². The highest BCUT2D eigenvalue weighted by molar-refractivity contribution is 7.88.